The number of amides is 1. The van der Waals surface area contributed by atoms with Crippen LogP contribution in [0.5, 0.6) is 0 Å². The number of nitrogens with two attached hydrogens (primary N) is 1. The fraction of sp³-hybridized carbons (Fsp3) is 0.692. The van der Waals surface area contributed by atoms with Crippen molar-refractivity contribution in [3.05, 3.63) is 11.9 Å². The Morgan fingerprint density at radius 2 is 2.32 bits per heavy atom. The van der Waals surface area contributed by atoms with Crippen LogP contribution in [0.1, 0.15) is 37.2 Å². The van der Waals surface area contributed by atoms with Gasteiger partial charge in [0.25, 0.3) is 5.91 Å². The fourth-order valence-corrected chi connectivity index (χ4v) is 2.32. The molecule has 0 atom stereocenters. The molecule has 0 bridgehead atoms. The van der Waals surface area contributed by atoms with Crippen LogP contribution >= 0.6 is 0 Å². The number of rotatable bonds is 7. The Kier molecular flexibility index (Phi) is 4.42. The average Bonchev–Trinajstić information content (AvgIpc) is 3.17. The Morgan fingerprint density at radius 3 is 2.89 bits per heavy atom. The lowest BCUT2D eigenvalue weighted by Crippen LogP contribution is -2.37. The first kappa shape index (κ1) is 13.9. The van der Waals surface area contributed by atoms with Gasteiger partial charge in [-0.25, -0.2) is 0 Å². The van der Waals surface area contributed by atoms with Gasteiger partial charge < -0.3 is 11.1 Å². The first-order valence-electron chi connectivity index (χ1n) is 7.00. The van der Waals surface area contributed by atoms with E-state index in [2.05, 4.69) is 22.2 Å². The van der Waals surface area contributed by atoms with Gasteiger partial charge in [0.05, 0.1) is 11.9 Å². The summed E-state index contributed by atoms with van der Waals surface area (Å²) >= 11 is 0. The van der Waals surface area contributed by atoms with Crippen molar-refractivity contribution in [1.29, 1.82) is 0 Å². The summed E-state index contributed by atoms with van der Waals surface area (Å²) in [5, 5.41) is 7.00. The van der Waals surface area contributed by atoms with E-state index in [4.69, 9.17) is 5.73 Å². The van der Waals surface area contributed by atoms with Crippen molar-refractivity contribution in [1.82, 2.24) is 20.0 Å². The predicted octanol–water partition coefficient (Wildman–Crippen LogP) is 0.699. The van der Waals surface area contributed by atoms with Crippen LogP contribution in [-0.4, -0.2) is 46.3 Å². The average molecular weight is 265 g/mol. The number of likely N-dealkylation sites (N-methyl/N-ethyl adjacent to an activating group) is 1. The molecule has 1 heterocycles. The summed E-state index contributed by atoms with van der Waals surface area (Å²) < 4.78 is 1.63. The van der Waals surface area contributed by atoms with Crippen LogP contribution in [0.3, 0.4) is 0 Å². The Bertz CT molecular complexity index is 438. The van der Waals surface area contributed by atoms with Gasteiger partial charge in [-0.1, -0.05) is 6.92 Å². The molecule has 106 valence electrons. The first-order chi connectivity index (χ1) is 9.17. The zero-order valence-corrected chi connectivity index (χ0v) is 11.7. The molecule has 3 N–H and O–H groups in total. The number of nitrogens with zero attached hydrogens (tertiary/aromatic N) is 3. The van der Waals surface area contributed by atoms with Crippen LogP contribution < -0.4 is 11.1 Å². The first-order valence-corrected chi connectivity index (χ1v) is 7.00. The van der Waals surface area contributed by atoms with Crippen LogP contribution in [0.15, 0.2) is 6.20 Å². The minimum Gasteiger partial charge on any atom is -0.396 e. The van der Waals surface area contributed by atoms with Gasteiger partial charge in [0.1, 0.15) is 5.69 Å². The SMILES string of the molecule is CCN(CCNC(=O)c1c(N)cnn1CC)C1CC1. The van der Waals surface area contributed by atoms with Crippen LogP contribution in [0.2, 0.25) is 0 Å². The molecule has 6 nitrogen and oxygen atoms in total. The third kappa shape index (κ3) is 3.26. The van der Waals surface area contributed by atoms with E-state index in [-0.39, 0.29) is 5.91 Å². The number of anilines is 1. The number of nitrogen functional groups attached to an aromatic ring is 1. The largest absolute Gasteiger partial charge is 0.396 e. The monoisotopic (exact) mass is 265 g/mol. The van der Waals surface area contributed by atoms with Crippen LogP contribution in [0.4, 0.5) is 5.69 Å². The zero-order valence-electron chi connectivity index (χ0n) is 11.7. The number of aryl methyl sites for hydroxylation is 1. The molecule has 2 rings (SSSR count). The lowest BCUT2D eigenvalue weighted by molar-refractivity contribution is 0.0938. The molecule has 1 aliphatic carbocycles. The fourth-order valence-electron chi connectivity index (χ4n) is 2.32. The van der Waals surface area contributed by atoms with Gasteiger partial charge in [-0.2, -0.15) is 5.10 Å². The molecule has 0 radical (unpaired) electrons. The highest BCUT2D eigenvalue weighted by molar-refractivity contribution is 5.97. The lowest BCUT2D eigenvalue weighted by atomic mass is 10.3. The van der Waals surface area contributed by atoms with Gasteiger partial charge in [0, 0.05) is 25.7 Å². The minimum absolute atomic E-state index is 0.135. The van der Waals surface area contributed by atoms with E-state index in [0.29, 0.717) is 24.5 Å². The van der Waals surface area contributed by atoms with E-state index >= 15 is 0 Å². The van der Waals surface area contributed by atoms with E-state index in [9.17, 15) is 4.79 Å². The number of carbonyl (C=O) groups excluding carboxylic acids is 1. The standard InChI is InChI=1S/C13H23N5O/c1-3-17(10-5-6-10)8-7-15-13(19)12-11(14)9-16-18(12)4-2/h9-10H,3-8,14H2,1-2H3,(H,15,19). The van der Waals surface area contributed by atoms with Crippen LogP contribution in [0.25, 0.3) is 0 Å². The van der Waals surface area contributed by atoms with Gasteiger partial charge in [0.2, 0.25) is 0 Å². The normalized spacial score (nSPS) is 14.9. The van der Waals surface area contributed by atoms with E-state index in [1.807, 2.05) is 6.92 Å². The molecule has 1 aromatic rings. The number of carbonyl (C=O) groups is 1. The zero-order chi connectivity index (χ0) is 13.8. The Balaban J connectivity index is 1.85. The molecule has 19 heavy (non-hydrogen) atoms. The van der Waals surface area contributed by atoms with Gasteiger partial charge >= 0.3 is 0 Å². The molecule has 0 aliphatic heterocycles. The summed E-state index contributed by atoms with van der Waals surface area (Å²) in [5.41, 5.74) is 6.69. The number of aromatic nitrogens is 2. The maximum absolute atomic E-state index is 12.1. The van der Waals surface area contributed by atoms with E-state index in [0.717, 1.165) is 19.1 Å². The summed E-state index contributed by atoms with van der Waals surface area (Å²) in [6, 6.07) is 0.730. The maximum atomic E-state index is 12.1. The third-order valence-electron chi connectivity index (χ3n) is 3.54. The minimum atomic E-state index is -0.135. The summed E-state index contributed by atoms with van der Waals surface area (Å²) in [7, 11) is 0. The third-order valence-corrected chi connectivity index (χ3v) is 3.54. The second-order valence-electron chi connectivity index (χ2n) is 4.88. The summed E-state index contributed by atoms with van der Waals surface area (Å²) in [6.07, 6.45) is 4.11. The molecule has 1 aromatic heterocycles. The van der Waals surface area contributed by atoms with Crippen molar-refractivity contribution in [2.75, 3.05) is 25.4 Å². The summed E-state index contributed by atoms with van der Waals surface area (Å²) in [5.74, 6) is -0.135. The number of hydrogen-bond donors (Lipinski definition) is 2. The highest BCUT2D eigenvalue weighted by Crippen LogP contribution is 2.25. The Morgan fingerprint density at radius 1 is 1.58 bits per heavy atom. The highest BCUT2D eigenvalue weighted by Gasteiger charge is 2.27. The van der Waals surface area contributed by atoms with Crippen molar-refractivity contribution in [3.63, 3.8) is 0 Å². The summed E-state index contributed by atoms with van der Waals surface area (Å²) in [6.45, 7) is 7.32. The molecule has 1 aliphatic rings. The molecule has 1 fully saturated rings. The van der Waals surface area contributed by atoms with E-state index < -0.39 is 0 Å². The maximum Gasteiger partial charge on any atom is 0.271 e. The van der Waals surface area contributed by atoms with Crippen molar-refractivity contribution >= 4 is 11.6 Å². The van der Waals surface area contributed by atoms with Gasteiger partial charge in [-0.3, -0.25) is 14.4 Å². The number of nitrogens with one attached hydrogen (secondary N) is 1. The van der Waals surface area contributed by atoms with Crippen molar-refractivity contribution in [2.45, 2.75) is 39.3 Å². The highest BCUT2D eigenvalue weighted by atomic mass is 16.2. The molecule has 6 heteroatoms. The van der Waals surface area contributed by atoms with Gasteiger partial charge in [0.15, 0.2) is 0 Å². The Hall–Kier alpha value is -1.56. The molecule has 0 saturated heterocycles. The quantitative estimate of drug-likeness (QED) is 0.761. The second kappa shape index (κ2) is 6.06. The summed E-state index contributed by atoms with van der Waals surface area (Å²) in [4.78, 5) is 14.5. The molecule has 0 aromatic carbocycles. The van der Waals surface area contributed by atoms with E-state index in [1.165, 1.54) is 19.0 Å². The van der Waals surface area contributed by atoms with Crippen molar-refractivity contribution < 1.29 is 4.79 Å². The number of hydrogen-bond acceptors (Lipinski definition) is 4. The van der Waals surface area contributed by atoms with Crippen molar-refractivity contribution in [2.24, 2.45) is 0 Å². The lowest BCUT2D eigenvalue weighted by Gasteiger charge is -2.19. The second-order valence-corrected chi connectivity index (χ2v) is 4.88. The molecular weight excluding hydrogens is 242 g/mol. The molecule has 0 spiro atoms. The van der Waals surface area contributed by atoms with Crippen LogP contribution in [-0.2, 0) is 6.54 Å². The van der Waals surface area contributed by atoms with Gasteiger partial charge in [-0.05, 0) is 26.3 Å². The predicted molar refractivity (Wildman–Crippen MR) is 74.9 cm³/mol. The molecule has 0 unspecified atom stereocenters. The van der Waals surface area contributed by atoms with Crippen molar-refractivity contribution in [3.8, 4) is 0 Å². The van der Waals surface area contributed by atoms with Crippen LogP contribution in [0, 0.1) is 0 Å². The molecular formula is C13H23N5O. The molecule has 1 amide bonds. The van der Waals surface area contributed by atoms with E-state index in [1.54, 1.807) is 4.68 Å². The van der Waals surface area contributed by atoms with Gasteiger partial charge in [-0.15, -0.1) is 0 Å². The smallest absolute Gasteiger partial charge is 0.271 e. The Labute approximate surface area is 113 Å². The molecule has 1 saturated carbocycles. The topological polar surface area (TPSA) is 76.2 Å².